The van der Waals surface area contributed by atoms with Gasteiger partial charge in [-0.25, -0.2) is 0 Å². The second kappa shape index (κ2) is 7.72. The van der Waals surface area contributed by atoms with Gasteiger partial charge in [0, 0.05) is 17.3 Å². The fourth-order valence-corrected chi connectivity index (χ4v) is 2.66. The van der Waals surface area contributed by atoms with Gasteiger partial charge in [-0.3, -0.25) is 9.59 Å². The second-order valence-electron chi connectivity index (χ2n) is 5.86. The third-order valence-electron chi connectivity index (χ3n) is 4.02. The van der Waals surface area contributed by atoms with Crippen molar-refractivity contribution in [3.05, 3.63) is 52.7 Å². The molecule has 6 nitrogen and oxygen atoms in total. The number of fused-ring (bicyclic) bond motifs is 1. The van der Waals surface area contributed by atoms with Crippen LogP contribution in [0.25, 0.3) is 22.3 Å². The lowest BCUT2D eigenvalue weighted by atomic mass is 10.1. The highest BCUT2D eigenvalue weighted by Gasteiger charge is 2.13. The first-order chi connectivity index (χ1) is 12.9. The second-order valence-corrected chi connectivity index (χ2v) is 6.52. The lowest BCUT2D eigenvalue weighted by Crippen LogP contribution is -2.20. The average Bonchev–Trinajstić information content (AvgIpc) is 2.67. The Morgan fingerprint density at radius 3 is 2.48 bits per heavy atom. The number of alkyl halides is 1. The number of ether oxygens (including phenoxy) is 2. The fraction of sp³-hybridized carbons (Fsp3) is 0.200. The first-order valence-corrected chi connectivity index (χ1v) is 8.62. The minimum atomic E-state index is -0.676. The molecule has 0 fully saturated rings. The smallest absolute Gasteiger partial charge is 0.242 e. The minimum absolute atomic E-state index is 0.226. The van der Waals surface area contributed by atoms with E-state index in [4.69, 9.17) is 25.5 Å². The van der Waals surface area contributed by atoms with Crippen LogP contribution in [0.4, 0.5) is 5.69 Å². The number of hydrogen-bond donors (Lipinski definition) is 1. The van der Waals surface area contributed by atoms with Crippen LogP contribution < -0.4 is 20.2 Å². The maximum Gasteiger partial charge on any atom is 0.242 e. The highest BCUT2D eigenvalue weighted by atomic mass is 35.5. The Hall–Kier alpha value is -2.99. The molecule has 0 aliphatic carbocycles. The van der Waals surface area contributed by atoms with Crippen molar-refractivity contribution >= 4 is 34.2 Å². The van der Waals surface area contributed by atoms with E-state index in [1.165, 1.54) is 13.2 Å². The van der Waals surface area contributed by atoms with Gasteiger partial charge in [0.1, 0.15) is 16.7 Å². The van der Waals surface area contributed by atoms with Gasteiger partial charge in [-0.2, -0.15) is 0 Å². The third kappa shape index (κ3) is 3.90. The van der Waals surface area contributed by atoms with Crippen LogP contribution in [0.1, 0.15) is 6.92 Å². The van der Waals surface area contributed by atoms with Crippen LogP contribution in [0.2, 0.25) is 0 Å². The molecule has 1 heterocycles. The van der Waals surface area contributed by atoms with Crippen molar-refractivity contribution in [2.24, 2.45) is 0 Å². The number of hydrogen-bond acceptors (Lipinski definition) is 5. The van der Waals surface area contributed by atoms with Gasteiger partial charge in [-0.15, -0.1) is 11.6 Å². The Balaban J connectivity index is 2.03. The lowest BCUT2D eigenvalue weighted by molar-refractivity contribution is -0.115. The molecule has 0 spiro atoms. The molecule has 0 bridgehead atoms. The number of carbonyl (C=O) groups excluding carboxylic acids is 1. The molecular formula is C20H18ClNO5. The molecule has 2 aromatic carbocycles. The monoisotopic (exact) mass is 387 g/mol. The van der Waals surface area contributed by atoms with Crippen LogP contribution in [0, 0.1) is 0 Å². The van der Waals surface area contributed by atoms with Crippen molar-refractivity contribution in [1.82, 2.24) is 0 Å². The van der Waals surface area contributed by atoms with Crippen molar-refractivity contribution in [1.29, 1.82) is 0 Å². The molecule has 1 N–H and O–H groups in total. The Labute approximate surface area is 160 Å². The van der Waals surface area contributed by atoms with Crippen LogP contribution in [-0.2, 0) is 4.79 Å². The summed E-state index contributed by atoms with van der Waals surface area (Å²) in [6.45, 7) is 1.57. The molecule has 0 aliphatic heterocycles. The molecule has 7 heteroatoms. The van der Waals surface area contributed by atoms with E-state index in [-0.39, 0.29) is 11.3 Å². The molecule has 1 atom stereocenters. The quantitative estimate of drug-likeness (QED) is 0.668. The summed E-state index contributed by atoms with van der Waals surface area (Å²) in [4.78, 5) is 24.3. The SMILES string of the molecule is COc1ccc(-c2cc(=O)c3cc(NC(=O)C(C)Cl)ccc3o2)cc1OC. The standard InChI is InChI=1S/C20H18ClNO5/c1-11(21)20(24)22-13-5-7-16-14(9-13)15(23)10-18(27-16)12-4-6-17(25-2)19(8-12)26-3/h4-11H,1-3H3,(H,22,24). The molecule has 140 valence electrons. The van der Waals surface area contributed by atoms with Gasteiger partial charge >= 0.3 is 0 Å². The summed E-state index contributed by atoms with van der Waals surface area (Å²) in [6, 6.07) is 11.5. The average molecular weight is 388 g/mol. The number of carbonyl (C=O) groups is 1. The van der Waals surface area contributed by atoms with Gasteiger partial charge < -0.3 is 19.2 Å². The van der Waals surface area contributed by atoms with Crippen LogP contribution >= 0.6 is 11.6 Å². The van der Waals surface area contributed by atoms with Crippen LogP contribution in [-0.4, -0.2) is 25.5 Å². The van der Waals surface area contributed by atoms with E-state index in [1.807, 2.05) is 0 Å². The number of methoxy groups -OCH3 is 2. The van der Waals surface area contributed by atoms with Gasteiger partial charge in [0.25, 0.3) is 0 Å². The predicted molar refractivity (Wildman–Crippen MR) is 105 cm³/mol. The predicted octanol–water partition coefficient (Wildman–Crippen LogP) is 4.04. The Morgan fingerprint density at radius 2 is 1.81 bits per heavy atom. The number of rotatable bonds is 5. The van der Waals surface area contributed by atoms with Gasteiger partial charge in [0.15, 0.2) is 16.9 Å². The van der Waals surface area contributed by atoms with Crippen molar-refractivity contribution in [2.75, 3.05) is 19.5 Å². The van der Waals surface area contributed by atoms with E-state index in [2.05, 4.69) is 5.32 Å². The van der Waals surface area contributed by atoms with E-state index in [0.29, 0.717) is 39.5 Å². The summed E-state index contributed by atoms with van der Waals surface area (Å²) < 4.78 is 16.4. The summed E-state index contributed by atoms with van der Waals surface area (Å²) in [5.41, 5.74) is 1.34. The van der Waals surface area contributed by atoms with Gasteiger partial charge in [0.05, 0.1) is 19.6 Å². The van der Waals surface area contributed by atoms with E-state index in [9.17, 15) is 9.59 Å². The zero-order chi connectivity index (χ0) is 19.6. The van der Waals surface area contributed by atoms with Crippen molar-refractivity contribution in [2.45, 2.75) is 12.3 Å². The van der Waals surface area contributed by atoms with Gasteiger partial charge in [0.2, 0.25) is 5.91 Å². The summed E-state index contributed by atoms with van der Waals surface area (Å²) in [5.74, 6) is 1.17. The number of anilines is 1. The topological polar surface area (TPSA) is 77.8 Å². The molecule has 0 aliphatic rings. The molecule has 3 rings (SSSR count). The first-order valence-electron chi connectivity index (χ1n) is 8.18. The van der Waals surface area contributed by atoms with Crippen molar-refractivity contribution in [3.63, 3.8) is 0 Å². The highest BCUT2D eigenvalue weighted by molar-refractivity contribution is 6.32. The maximum atomic E-state index is 12.6. The van der Waals surface area contributed by atoms with Crippen molar-refractivity contribution < 1.29 is 18.7 Å². The molecule has 27 heavy (non-hydrogen) atoms. The Morgan fingerprint density at radius 1 is 1.07 bits per heavy atom. The third-order valence-corrected chi connectivity index (χ3v) is 4.22. The van der Waals surface area contributed by atoms with Gasteiger partial charge in [-0.1, -0.05) is 0 Å². The molecule has 0 radical (unpaired) electrons. The van der Waals surface area contributed by atoms with Crippen LogP contribution in [0.3, 0.4) is 0 Å². The number of halogens is 1. The summed E-state index contributed by atoms with van der Waals surface area (Å²) >= 11 is 5.75. The normalized spacial score (nSPS) is 11.9. The van der Waals surface area contributed by atoms with E-state index >= 15 is 0 Å². The largest absolute Gasteiger partial charge is 0.493 e. The minimum Gasteiger partial charge on any atom is -0.493 e. The fourth-order valence-electron chi connectivity index (χ4n) is 2.61. The Bertz CT molecular complexity index is 1060. The van der Waals surface area contributed by atoms with Gasteiger partial charge in [-0.05, 0) is 43.3 Å². The summed E-state index contributed by atoms with van der Waals surface area (Å²) in [7, 11) is 3.09. The molecular weight excluding hydrogens is 370 g/mol. The number of benzene rings is 2. The summed E-state index contributed by atoms with van der Waals surface area (Å²) in [6.07, 6.45) is 0. The number of amides is 1. The first kappa shape index (κ1) is 18.8. The molecule has 1 aromatic heterocycles. The molecule has 0 saturated carbocycles. The zero-order valence-electron chi connectivity index (χ0n) is 15.0. The molecule has 0 saturated heterocycles. The van der Waals surface area contributed by atoms with E-state index in [1.54, 1.807) is 50.4 Å². The van der Waals surface area contributed by atoms with Crippen LogP contribution in [0.15, 0.2) is 51.7 Å². The van der Waals surface area contributed by atoms with E-state index in [0.717, 1.165) is 0 Å². The zero-order valence-corrected chi connectivity index (χ0v) is 15.8. The highest BCUT2D eigenvalue weighted by Crippen LogP contribution is 2.33. The number of nitrogens with one attached hydrogen (secondary N) is 1. The van der Waals surface area contributed by atoms with E-state index < -0.39 is 5.38 Å². The molecule has 1 unspecified atom stereocenters. The molecule has 1 amide bonds. The maximum absolute atomic E-state index is 12.6. The lowest BCUT2D eigenvalue weighted by Gasteiger charge is -2.10. The summed E-state index contributed by atoms with van der Waals surface area (Å²) in [5, 5.41) is 2.34. The Kier molecular flexibility index (Phi) is 5.37. The van der Waals surface area contributed by atoms with Crippen LogP contribution in [0.5, 0.6) is 11.5 Å². The van der Waals surface area contributed by atoms with Crippen molar-refractivity contribution in [3.8, 4) is 22.8 Å². The molecule has 3 aromatic rings.